The third kappa shape index (κ3) is 10.8. The number of aliphatic hydroxyl groups excluding tert-OH is 1. The number of benzene rings is 1. The number of aliphatic carboxylic acids is 1. The Kier molecular flexibility index (Phi) is 10.5. The van der Waals surface area contributed by atoms with Crippen molar-refractivity contribution in [2.75, 3.05) is 6.61 Å². The number of halogens is 1. The lowest BCUT2D eigenvalue weighted by atomic mass is 9.97. The molecule has 0 radical (unpaired) electrons. The number of Topliss-reactive ketones (excluding diaryl/α,β-unsaturated/α-hetero) is 1. The summed E-state index contributed by atoms with van der Waals surface area (Å²) in [5.74, 6) is 4.80. The van der Waals surface area contributed by atoms with Gasteiger partial charge in [-0.2, -0.15) is 0 Å². The topological polar surface area (TPSA) is 83.8 Å². The number of rotatable bonds is 11. The molecule has 0 saturated heterocycles. The van der Waals surface area contributed by atoms with Crippen LogP contribution in [0.4, 0.5) is 4.39 Å². The maximum absolute atomic E-state index is 12.8. The van der Waals surface area contributed by atoms with Gasteiger partial charge in [-0.3, -0.25) is 9.59 Å². The fraction of sp³-hybridized carbons (Fsp3) is 0.429. The van der Waals surface area contributed by atoms with Gasteiger partial charge in [-0.1, -0.05) is 12.2 Å². The molecule has 27 heavy (non-hydrogen) atoms. The van der Waals surface area contributed by atoms with E-state index in [2.05, 4.69) is 11.8 Å². The first-order valence-electron chi connectivity index (χ1n) is 8.79. The summed E-state index contributed by atoms with van der Waals surface area (Å²) in [5.41, 5.74) is 0. The summed E-state index contributed by atoms with van der Waals surface area (Å²) in [4.78, 5) is 22.1. The number of carboxylic acids is 1. The van der Waals surface area contributed by atoms with Crippen molar-refractivity contribution < 1.29 is 28.9 Å². The molecule has 2 unspecified atom stereocenters. The lowest BCUT2D eigenvalue weighted by molar-refractivity contribution is -0.137. The van der Waals surface area contributed by atoms with Crippen molar-refractivity contribution in [1.29, 1.82) is 0 Å². The molecule has 1 rings (SSSR count). The largest absolute Gasteiger partial charge is 0.491 e. The lowest BCUT2D eigenvalue weighted by Gasteiger charge is -2.10. The molecule has 0 aliphatic carbocycles. The fourth-order valence-electron chi connectivity index (χ4n) is 2.17. The van der Waals surface area contributed by atoms with Gasteiger partial charge in [-0.25, -0.2) is 4.39 Å². The van der Waals surface area contributed by atoms with Gasteiger partial charge >= 0.3 is 5.97 Å². The highest BCUT2D eigenvalue weighted by atomic mass is 19.1. The lowest BCUT2D eigenvalue weighted by Crippen LogP contribution is -2.15. The highest BCUT2D eigenvalue weighted by Gasteiger charge is 2.11. The Hall–Kier alpha value is -2.65. The average Bonchev–Trinajstić information content (AvgIpc) is 2.62. The summed E-state index contributed by atoms with van der Waals surface area (Å²) in [6.07, 6.45) is 4.35. The Bertz CT molecular complexity index is 685. The minimum atomic E-state index is -0.843. The molecule has 2 atom stereocenters. The van der Waals surface area contributed by atoms with Gasteiger partial charge in [0, 0.05) is 25.2 Å². The van der Waals surface area contributed by atoms with Crippen molar-refractivity contribution in [3.05, 3.63) is 42.2 Å². The van der Waals surface area contributed by atoms with Crippen LogP contribution < -0.4 is 4.74 Å². The number of ketones is 1. The van der Waals surface area contributed by atoms with E-state index in [1.165, 1.54) is 31.2 Å². The first-order valence-corrected chi connectivity index (χ1v) is 8.79. The van der Waals surface area contributed by atoms with Gasteiger partial charge in [0.2, 0.25) is 0 Å². The van der Waals surface area contributed by atoms with E-state index < -0.39 is 12.1 Å². The first-order chi connectivity index (χ1) is 12.9. The number of carboxylic acid groups (broad SMARTS) is 1. The van der Waals surface area contributed by atoms with Crippen molar-refractivity contribution >= 4 is 11.8 Å². The molecule has 0 amide bonds. The maximum atomic E-state index is 12.8. The molecule has 0 saturated carbocycles. The van der Waals surface area contributed by atoms with E-state index in [1.807, 2.05) is 0 Å². The predicted molar refractivity (Wildman–Crippen MR) is 99.7 cm³/mol. The highest BCUT2D eigenvalue weighted by molar-refractivity contribution is 5.78. The second kappa shape index (κ2) is 12.7. The van der Waals surface area contributed by atoms with Crippen LogP contribution in [0.1, 0.15) is 39.0 Å². The van der Waals surface area contributed by atoms with E-state index >= 15 is 0 Å². The average molecular weight is 376 g/mol. The molecule has 0 aliphatic heterocycles. The molecule has 0 heterocycles. The smallest absolute Gasteiger partial charge is 0.303 e. The molecular formula is C21H25FO5. The molecule has 2 N–H and O–H groups in total. The fourth-order valence-corrected chi connectivity index (χ4v) is 2.17. The summed E-state index contributed by atoms with van der Waals surface area (Å²) < 4.78 is 18.1. The van der Waals surface area contributed by atoms with E-state index in [1.54, 1.807) is 12.2 Å². The van der Waals surface area contributed by atoms with Crippen LogP contribution in [-0.4, -0.2) is 34.7 Å². The van der Waals surface area contributed by atoms with E-state index in [9.17, 15) is 19.1 Å². The van der Waals surface area contributed by atoms with Crippen LogP contribution >= 0.6 is 0 Å². The molecule has 0 spiro atoms. The Morgan fingerprint density at radius 2 is 1.96 bits per heavy atom. The van der Waals surface area contributed by atoms with E-state index in [0.29, 0.717) is 31.4 Å². The third-order valence-corrected chi connectivity index (χ3v) is 3.75. The van der Waals surface area contributed by atoms with Crippen LogP contribution in [0.3, 0.4) is 0 Å². The van der Waals surface area contributed by atoms with Crippen LogP contribution in [0.2, 0.25) is 0 Å². The number of ether oxygens (including phenoxy) is 1. The standard InChI is InChI=1S/C21H25FO5/c1-16(23)17(7-4-2-3-5-10-21(25)26)8-6-9-19(24)15-27-20-13-11-18(22)12-14-20/h6,9,11-14,17,19,24H,3,5,7-8,10,15H2,1H3,(H,25,26)/b9-6+. The van der Waals surface area contributed by atoms with Gasteiger partial charge in [-0.15, -0.1) is 11.8 Å². The highest BCUT2D eigenvalue weighted by Crippen LogP contribution is 2.13. The Morgan fingerprint density at radius 1 is 1.26 bits per heavy atom. The van der Waals surface area contributed by atoms with Crippen LogP contribution in [0.15, 0.2) is 36.4 Å². The molecule has 0 aliphatic rings. The molecular weight excluding hydrogens is 351 g/mol. The zero-order valence-electron chi connectivity index (χ0n) is 15.4. The predicted octanol–water partition coefficient (Wildman–Crippen LogP) is 3.37. The van der Waals surface area contributed by atoms with Gasteiger partial charge in [-0.05, 0) is 44.0 Å². The third-order valence-electron chi connectivity index (χ3n) is 3.75. The second-order valence-electron chi connectivity index (χ2n) is 6.11. The SMILES string of the molecule is CC(=O)C(CC#CCCCC(=O)O)C/C=C/C(O)COc1ccc(F)cc1. The second-order valence-corrected chi connectivity index (χ2v) is 6.11. The van der Waals surface area contributed by atoms with Crippen molar-refractivity contribution in [2.24, 2.45) is 5.92 Å². The summed E-state index contributed by atoms with van der Waals surface area (Å²) >= 11 is 0. The number of hydrogen-bond donors (Lipinski definition) is 2. The molecule has 1 aromatic carbocycles. The summed E-state index contributed by atoms with van der Waals surface area (Å²) in [5, 5.41) is 18.4. The maximum Gasteiger partial charge on any atom is 0.303 e. The Labute approximate surface area is 158 Å². The summed E-state index contributed by atoms with van der Waals surface area (Å²) in [6, 6.07) is 5.51. The Morgan fingerprint density at radius 3 is 2.59 bits per heavy atom. The van der Waals surface area contributed by atoms with Crippen LogP contribution in [0.5, 0.6) is 5.75 Å². The zero-order chi connectivity index (χ0) is 20.1. The number of allylic oxidation sites excluding steroid dienone is 1. The quantitative estimate of drug-likeness (QED) is 0.351. The number of unbranched alkanes of at least 4 members (excludes halogenated alkanes) is 1. The van der Waals surface area contributed by atoms with Gasteiger partial charge < -0.3 is 14.9 Å². The number of carbonyl (C=O) groups excluding carboxylic acids is 1. The van der Waals surface area contributed by atoms with Gasteiger partial charge in [0.15, 0.2) is 0 Å². The molecule has 0 fully saturated rings. The Balaban J connectivity index is 2.35. The van der Waals surface area contributed by atoms with Crippen molar-refractivity contribution in [3.8, 4) is 17.6 Å². The molecule has 6 heteroatoms. The molecule has 146 valence electrons. The van der Waals surface area contributed by atoms with Crippen molar-refractivity contribution in [1.82, 2.24) is 0 Å². The first kappa shape index (κ1) is 22.4. The van der Waals surface area contributed by atoms with E-state index in [-0.39, 0.29) is 30.5 Å². The minimum Gasteiger partial charge on any atom is -0.491 e. The van der Waals surface area contributed by atoms with Gasteiger partial charge in [0.05, 0.1) is 0 Å². The summed E-state index contributed by atoms with van der Waals surface area (Å²) in [7, 11) is 0. The molecule has 0 bridgehead atoms. The minimum absolute atomic E-state index is 0.0107. The molecule has 1 aromatic rings. The number of hydrogen-bond acceptors (Lipinski definition) is 4. The monoisotopic (exact) mass is 376 g/mol. The van der Waals surface area contributed by atoms with E-state index in [4.69, 9.17) is 9.84 Å². The van der Waals surface area contributed by atoms with Gasteiger partial charge in [0.25, 0.3) is 0 Å². The van der Waals surface area contributed by atoms with Crippen molar-refractivity contribution in [2.45, 2.75) is 45.1 Å². The van der Waals surface area contributed by atoms with E-state index in [0.717, 1.165) is 0 Å². The van der Waals surface area contributed by atoms with Gasteiger partial charge in [0.1, 0.15) is 30.1 Å². The number of aliphatic hydroxyl groups is 1. The molecule has 0 aromatic heterocycles. The van der Waals surface area contributed by atoms with Crippen molar-refractivity contribution in [3.63, 3.8) is 0 Å². The number of carbonyl (C=O) groups is 2. The van der Waals surface area contributed by atoms with Crippen LogP contribution in [-0.2, 0) is 9.59 Å². The summed E-state index contributed by atoms with van der Waals surface area (Å²) in [6.45, 7) is 1.52. The van der Waals surface area contributed by atoms with Crippen LogP contribution in [0, 0.1) is 23.6 Å². The normalized spacial score (nSPS) is 12.9. The molecule has 5 nitrogen and oxygen atoms in total. The zero-order valence-corrected chi connectivity index (χ0v) is 15.4. The van der Waals surface area contributed by atoms with Crippen LogP contribution in [0.25, 0.3) is 0 Å².